The van der Waals surface area contributed by atoms with Crippen LogP contribution in [0.4, 0.5) is 0 Å². The number of nitrogens with one attached hydrogen (secondary N) is 1. The van der Waals surface area contributed by atoms with E-state index >= 15 is 0 Å². The van der Waals surface area contributed by atoms with Gasteiger partial charge in [-0.15, -0.1) is 0 Å². The third-order valence-electron chi connectivity index (χ3n) is 2.12. The van der Waals surface area contributed by atoms with Crippen molar-refractivity contribution in [1.29, 1.82) is 0 Å². The number of amides is 1. The fraction of sp³-hybridized carbons (Fsp3) is 0.636. The van der Waals surface area contributed by atoms with Gasteiger partial charge in [-0.3, -0.25) is 9.59 Å². The molecule has 0 spiro atoms. The van der Waals surface area contributed by atoms with Crippen LogP contribution in [0.5, 0.6) is 0 Å². The van der Waals surface area contributed by atoms with Gasteiger partial charge >= 0.3 is 5.97 Å². The first-order valence-electron chi connectivity index (χ1n) is 5.20. The van der Waals surface area contributed by atoms with E-state index in [0.717, 1.165) is 6.42 Å². The van der Waals surface area contributed by atoms with Crippen LogP contribution in [-0.4, -0.2) is 23.0 Å². The Morgan fingerprint density at radius 1 is 1.40 bits per heavy atom. The van der Waals surface area contributed by atoms with Gasteiger partial charge in [-0.25, -0.2) is 0 Å². The summed E-state index contributed by atoms with van der Waals surface area (Å²) in [7, 11) is 0. The van der Waals surface area contributed by atoms with Crippen molar-refractivity contribution >= 4 is 11.9 Å². The molecule has 0 fully saturated rings. The SMILES string of the molecule is CC/C=C(/C)C(=O)NC(CC)CC(=O)O. The highest BCUT2D eigenvalue weighted by atomic mass is 16.4. The lowest BCUT2D eigenvalue weighted by Crippen LogP contribution is -2.36. The number of rotatable bonds is 6. The van der Waals surface area contributed by atoms with Crippen molar-refractivity contribution in [2.24, 2.45) is 0 Å². The van der Waals surface area contributed by atoms with Crippen LogP contribution in [0.1, 0.15) is 40.0 Å². The summed E-state index contributed by atoms with van der Waals surface area (Å²) >= 11 is 0. The van der Waals surface area contributed by atoms with E-state index in [0.29, 0.717) is 12.0 Å². The molecule has 86 valence electrons. The van der Waals surface area contributed by atoms with Crippen molar-refractivity contribution in [3.8, 4) is 0 Å². The van der Waals surface area contributed by atoms with Gasteiger partial charge in [0.05, 0.1) is 6.42 Å². The lowest BCUT2D eigenvalue weighted by molar-refractivity contribution is -0.137. The molecule has 4 heteroatoms. The first-order valence-corrected chi connectivity index (χ1v) is 5.20. The first kappa shape index (κ1) is 13.7. The summed E-state index contributed by atoms with van der Waals surface area (Å²) in [5.74, 6) is -1.07. The predicted octanol–water partition coefficient (Wildman–Crippen LogP) is 1.71. The number of carboxylic acids is 1. The van der Waals surface area contributed by atoms with E-state index in [1.165, 1.54) is 0 Å². The van der Waals surface area contributed by atoms with E-state index in [2.05, 4.69) is 5.32 Å². The summed E-state index contributed by atoms with van der Waals surface area (Å²) in [6, 6.07) is -0.282. The Hall–Kier alpha value is -1.32. The zero-order valence-corrected chi connectivity index (χ0v) is 9.54. The molecular formula is C11H19NO3. The minimum Gasteiger partial charge on any atom is -0.481 e. The van der Waals surface area contributed by atoms with Gasteiger partial charge in [-0.05, 0) is 19.8 Å². The van der Waals surface area contributed by atoms with Crippen LogP contribution >= 0.6 is 0 Å². The van der Waals surface area contributed by atoms with Crippen molar-refractivity contribution in [2.45, 2.75) is 46.1 Å². The third kappa shape index (κ3) is 5.88. The molecule has 0 saturated carbocycles. The minimum atomic E-state index is -0.890. The molecule has 0 aromatic heterocycles. The number of carbonyl (C=O) groups is 2. The molecule has 0 aromatic rings. The maximum absolute atomic E-state index is 11.5. The van der Waals surface area contributed by atoms with Gasteiger partial charge in [-0.2, -0.15) is 0 Å². The van der Waals surface area contributed by atoms with E-state index in [-0.39, 0.29) is 18.4 Å². The molecule has 1 unspecified atom stereocenters. The zero-order valence-electron chi connectivity index (χ0n) is 9.54. The predicted molar refractivity (Wildman–Crippen MR) is 58.5 cm³/mol. The monoisotopic (exact) mass is 213 g/mol. The van der Waals surface area contributed by atoms with Crippen LogP contribution in [0.3, 0.4) is 0 Å². The maximum atomic E-state index is 11.5. The summed E-state index contributed by atoms with van der Waals surface area (Å²) in [5.41, 5.74) is 0.640. The molecule has 15 heavy (non-hydrogen) atoms. The molecule has 2 N–H and O–H groups in total. The molecule has 0 rings (SSSR count). The van der Waals surface area contributed by atoms with E-state index in [1.807, 2.05) is 19.9 Å². The third-order valence-corrected chi connectivity index (χ3v) is 2.12. The van der Waals surface area contributed by atoms with Crippen LogP contribution < -0.4 is 5.32 Å². The maximum Gasteiger partial charge on any atom is 0.305 e. The summed E-state index contributed by atoms with van der Waals surface area (Å²) in [5, 5.41) is 11.3. The summed E-state index contributed by atoms with van der Waals surface area (Å²) in [4.78, 5) is 22.0. The van der Waals surface area contributed by atoms with Crippen molar-refractivity contribution in [3.05, 3.63) is 11.6 Å². The van der Waals surface area contributed by atoms with Gasteiger partial charge in [0, 0.05) is 11.6 Å². The van der Waals surface area contributed by atoms with E-state index in [4.69, 9.17) is 5.11 Å². The number of carboxylic acid groups (broad SMARTS) is 1. The fourth-order valence-electron chi connectivity index (χ4n) is 1.21. The number of aliphatic carboxylic acids is 1. The number of hydrogen-bond acceptors (Lipinski definition) is 2. The molecule has 0 aromatic carbocycles. The topological polar surface area (TPSA) is 66.4 Å². The van der Waals surface area contributed by atoms with E-state index < -0.39 is 5.97 Å². The molecule has 0 aliphatic heterocycles. The molecular weight excluding hydrogens is 194 g/mol. The van der Waals surface area contributed by atoms with Crippen LogP contribution in [-0.2, 0) is 9.59 Å². The van der Waals surface area contributed by atoms with Crippen molar-refractivity contribution in [2.75, 3.05) is 0 Å². The second-order valence-corrected chi connectivity index (χ2v) is 3.47. The average molecular weight is 213 g/mol. The lowest BCUT2D eigenvalue weighted by Gasteiger charge is -2.14. The smallest absolute Gasteiger partial charge is 0.305 e. The van der Waals surface area contributed by atoms with Gasteiger partial charge in [0.25, 0.3) is 0 Å². The largest absolute Gasteiger partial charge is 0.481 e. The van der Waals surface area contributed by atoms with Crippen LogP contribution in [0.2, 0.25) is 0 Å². The Labute approximate surface area is 90.4 Å². The van der Waals surface area contributed by atoms with Gasteiger partial charge < -0.3 is 10.4 Å². The highest BCUT2D eigenvalue weighted by Gasteiger charge is 2.14. The minimum absolute atomic E-state index is 0.0261. The molecule has 0 saturated heterocycles. The van der Waals surface area contributed by atoms with Crippen LogP contribution in [0.15, 0.2) is 11.6 Å². The standard InChI is InChI=1S/C11H19NO3/c1-4-6-8(3)11(15)12-9(5-2)7-10(13)14/h6,9H,4-5,7H2,1-3H3,(H,12,15)(H,13,14)/b8-6-. The Morgan fingerprint density at radius 3 is 2.40 bits per heavy atom. The Kier molecular flexibility index (Phi) is 6.42. The summed E-state index contributed by atoms with van der Waals surface area (Å²) < 4.78 is 0. The second kappa shape index (κ2) is 7.04. The quantitative estimate of drug-likeness (QED) is 0.660. The Balaban J connectivity index is 4.24. The average Bonchev–Trinajstić information content (AvgIpc) is 2.16. The number of hydrogen-bond donors (Lipinski definition) is 2. The summed E-state index contributed by atoms with van der Waals surface area (Å²) in [6.45, 7) is 5.53. The van der Waals surface area contributed by atoms with Gasteiger partial charge in [0.2, 0.25) is 5.91 Å². The van der Waals surface area contributed by atoms with Crippen LogP contribution in [0.25, 0.3) is 0 Å². The molecule has 1 amide bonds. The van der Waals surface area contributed by atoms with Crippen molar-refractivity contribution < 1.29 is 14.7 Å². The molecule has 0 bridgehead atoms. The zero-order chi connectivity index (χ0) is 11.8. The van der Waals surface area contributed by atoms with E-state index in [1.54, 1.807) is 6.92 Å². The summed E-state index contributed by atoms with van der Waals surface area (Å²) in [6.07, 6.45) is 3.22. The van der Waals surface area contributed by atoms with Crippen molar-refractivity contribution in [3.63, 3.8) is 0 Å². The molecule has 4 nitrogen and oxygen atoms in total. The highest BCUT2D eigenvalue weighted by molar-refractivity contribution is 5.93. The second-order valence-electron chi connectivity index (χ2n) is 3.47. The molecule has 0 radical (unpaired) electrons. The number of allylic oxidation sites excluding steroid dienone is 1. The first-order chi connectivity index (χ1) is 7.01. The van der Waals surface area contributed by atoms with Crippen LogP contribution in [0, 0.1) is 0 Å². The Bertz CT molecular complexity index is 259. The normalized spacial score (nSPS) is 13.4. The molecule has 0 aliphatic rings. The van der Waals surface area contributed by atoms with Gasteiger partial charge in [0.1, 0.15) is 0 Å². The molecule has 1 atom stereocenters. The highest BCUT2D eigenvalue weighted by Crippen LogP contribution is 2.01. The fourth-order valence-corrected chi connectivity index (χ4v) is 1.21. The van der Waals surface area contributed by atoms with Gasteiger partial charge in [-0.1, -0.05) is 19.9 Å². The van der Waals surface area contributed by atoms with Gasteiger partial charge in [0.15, 0.2) is 0 Å². The van der Waals surface area contributed by atoms with E-state index in [9.17, 15) is 9.59 Å². The number of carbonyl (C=O) groups excluding carboxylic acids is 1. The molecule has 0 heterocycles. The lowest BCUT2D eigenvalue weighted by atomic mass is 10.1. The van der Waals surface area contributed by atoms with Crippen molar-refractivity contribution in [1.82, 2.24) is 5.32 Å². The molecule has 0 aliphatic carbocycles. The Morgan fingerprint density at radius 2 is 2.00 bits per heavy atom.